The minimum absolute atomic E-state index is 0.0239. The third kappa shape index (κ3) is 49.6. The van der Waals surface area contributed by atoms with Gasteiger partial charge in [0.25, 0.3) is 0 Å². The first-order chi connectivity index (χ1) is 26.6. The van der Waals surface area contributed by atoms with Gasteiger partial charge in [0, 0.05) is 77.2 Å². The molecule has 0 aliphatic carbocycles. The Kier molecular flexibility index (Phi) is 40.2. The Morgan fingerprint density at radius 1 is 0.625 bits per heavy atom. The van der Waals surface area contributed by atoms with Crippen molar-refractivity contribution in [2.45, 2.75) is 123 Å². The van der Waals surface area contributed by atoms with Gasteiger partial charge in [0.15, 0.2) is 17.9 Å². The molecule has 19 heteroatoms. The molecule has 0 saturated heterocycles. The second-order valence-electron chi connectivity index (χ2n) is 14.2. The van der Waals surface area contributed by atoms with Gasteiger partial charge in [0.2, 0.25) is 17.7 Å². The molecule has 0 heterocycles. The number of nitrogens with zero attached hydrogens (tertiary/aromatic N) is 4. The molecule has 0 rings (SSSR count). The van der Waals surface area contributed by atoms with Crippen molar-refractivity contribution in [1.82, 2.24) is 26.6 Å². The summed E-state index contributed by atoms with van der Waals surface area (Å²) in [5.74, 6) is 1.41. The first-order valence-corrected chi connectivity index (χ1v) is 20.1. The number of carbonyl (C=O) groups is 3. The molecule has 0 radical (unpaired) electrons. The zero-order valence-corrected chi connectivity index (χ0v) is 35.5. The molecular weight excluding hydrogens is 717 g/mol. The molecule has 0 aliphatic heterocycles. The van der Waals surface area contributed by atoms with Gasteiger partial charge in [-0.3, -0.25) is 34.4 Å². The number of nitrogens with two attached hydrogens (primary N) is 7. The van der Waals surface area contributed by atoms with Crippen LogP contribution in [0.2, 0.25) is 0 Å². The average molecular weight is 799 g/mol. The molecule has 0 unspecified atom stereocenters. The maximum absolute atomic E-state index is 11.9. The topological polar surface area (TPSA) is 343 Å². The molecule has 0 aliphatic rings. The molecule has 0 aromatic rings. The second kappa shape index (κ2) is 40.3. The van der Waals surface area contributed by atoms with Gasteiger partial charge in [-0.25, -0.2) is 0 Å². The lowest BCUT2D eigenvalue weighted by Crippen LogP contribution is -2.38. The van der Waals surface area contributed by atoms with Crippen molar-refractivity contribution < 1.29 is 14.4 Å². The Hall–Kier alpha value is -4.39. The summed E-state index contributed by atoms with van der Waals surface area (Å²) >= 11 is 0. The fourth-order valence-electron chi connectivity index (χ4n) is 4.25. The molecule has 0 saturated carbocycles. The third-order valence-electron chi connectivity index (χ3n) is 7.91. The van der Waals surface area contributed by atoms with Crippen molar-refractivity contribution in [1.29, 1.82) is 0 Å². The van der Waals surface area contributed by atoms with Crippen LogP contribution in [0.4, 0.5) is 0 Å². The molecule has 328 valence electrons. The summed E-state index contributed by atoms with van der Waals surface area (Å²) in [6.45, 7) is 14.2. The summed E-state index contributed by atoms with van der Waals surface area (Å²) in [4.78, 5) is 50.2. The highest BCUT2D eigenvalue weighted by molar-refractivity contribution is 5.79. The van der Waals surface area contributed by atoms with Crippen LogP contribution in [-0.2, 0) is 14.4 Å². The van der Waals surface area contributed by atoms with Crippen LogP contribution >= 0.6 is 0 Å². The summed E-state index contributed by atoms with van der Waals surface area (Å²) in [7, 11) is 1.90. The summed E-state index contributed by atoms with van der Waals surface area (Å²) in [6.07, 6.45) is 12.5. The standard InChI is InChI=1S/C25H54N12O2.C7H15NO.C5H13N3/c1-25(2,30-3)12-11-21(39)31-13-4-6-15-34-23(28)36-17-8-10-20(38)32-18-9-19-37-24(29)35-16-7-5-14-33-22(26)27;1-6(2)4-3-5-7(8)9;6-3-1-2-4-8-5-7/h30H,4-19H2,1-3H3,(H,31,39)(H,32,38)(H4,26,27,33)(H3,28,34,36)(H3,29,35,37);6H,3-5H2,1-2H3,(H2,8,9);5H,1-4,6H2,(H2,7,8). The normalized spacial score (nSPS) is 11.6. The van der Waals surface area contributed by atoms with Crippen molar-refractivity contribution in [3.63, 3.8) is 0 Å². The van der Waals surface area contributed by atoms with Crippen LogP contribution in [0, 0.1) is 5.92 Å². The fraction of sp³-hybridized carbons (Fsp3) is 0.811. The predicted molar refractivity (Wildman–Crippen MR) is 234 cm³/mol. The van der Waals surface area contributed by atoms with Gasteiger partial charge in [-0.05, 0) is 97.6 Å². The number of amides is 3. The van der Waals surface area contributed by atoms with Gasteiger partial charge in [0.1, 0.15) is 0 Å². The van der Waals surface area contributed by atoms with E-state index >= 15 is 0 Å². The molecular formula is C37H82N16O3. The number of guanidine groups is 3. The van der Waals surface area contributed by atoms with Crippen LogP contribution in [0.25, 0.3) is 0 Å². The Labute approximate surface area is 337 Å². The highest BCUT2D eigenvalue weighted by Crippen LogP contribution is 2.09. The zero-order valence-electron chi connectivity index (χ0n) is 35.5. The van der Waals surface area contributed by atoms with Crippen LogP contribution in [0.15, 0.2) is 20.0 Å². The van der Waals surface area contributed by atoms with Gasteiger partial charge in [-0.15, -0.1) is 0 Å². The van der Waals surface area contributed by atoms with E-state index < -0.39 is 0 Å². The number of hydrogen-bond acceptors (Lipinski definition) is 9. The number of carbonyl (C=O) groups excluding carboxylic acids is 3. The molecule has 0 aromatic carbocycles. The molecule has 19 nitrogen and oxygen atoms in total. The van der Waals surface area contributed by atoms with E-state index in [9.17, 15) is 14.4 Å². The minimum atomic E-state index is -0.185. The van der Waals surface area contributed by atoms with Gasteiger partial charge in [-0.2, -0.15) is 0 Å². The number of primary amides is 1. The minimum Gasteiger partial charge on any atom is -0.390 e. The summed E-state index contributed by atoms with van der Waals surface area (Å²) in [5.41, 5.74) is 37.3. The quantitative estimate of drug-likeness (QED) is 0.0256. The van der Waals surface area contributed by atoms with E-state index in [4.69, 9.17) is 40.1 Å². The van der Waals surface area contributed by atoms with Crippen LogP contribution < -0.4 is 66.7 Å². The highest BCUT2D eigenvalue weighted by Gasteiger charge is 2.16. The lowest BCUT2D eigenvalue weighted by molar-refractivity contribution is -0.122. The molecule has 3 amide bonds. The van der Waals surface area contributed by atoms with Crippen molar-refractivity contribution in [3.05, 3.63) is 0 Å². The van der Waals surface area contributed by atoms with E-state index in [0.29, 0.717) is 95.8 Å². The Bertz CT molecular complexity index is 1090. The van der Waals surface area contributed by atoms with Crippen molar-refractivity contribution in [2.24, 2.45) is 66.0 Å². The number of rotatable bonds is 30. The molecule has 0 atom stereocenters. The summed E-state index contributed by atoms with van der Waals surface area (Å²) in [5, 5.41) is 15.1. The Morgan fingerprint density at radius 3 is 1.64 bits per heavy atom. The maximum Gasteiger partial charge on any atom is 0.220 e. The number of unbranched alkanes of at least 4 members (excludes halogenated alkanes) is 3. The predicted octanol–water partition coefficient (Wildman–Crippen LogP) is -0.180. The summed E-state index contributed by atoms with van der Waals surface area (Å²) in [6, 6.07) is 0. The lowest BCUT2D eigenvalue weighted by Gasteiger charge is -2.23. The zero-order chi connectivity index (χ0) is 42.9. The molecule has 19 N–H and O–H groups in total. The van der Waals surface area contributed by atoms with E-state index in [1.807, 2.05) is 7.05 Å². The Morgan fingerprint density at radius 2 is 1.12 bits per heavy atom. The van der Waals surface area contributed by atoms with Gasteiger partial charge < -0.3 is 66.7 Å². The van der Waals surface area contributed by atoms with Crippen molar-refractivity contribution in [2.75, 3.05) is 66.0 Å². The molecule has 0 aromatic heterocycles. The largest absolute Gasteiger partial charge is 0.390 e. The Balaban J connectivity index is -0.00000135. The number of nitrogens with one attached hydrogen (secondary N) is 5. The van der Waals surface area contributed by atoms with Crippen LogP contribution in [0.5, 0.6) is 0 Å². The van der Waals surface area contributed by atoms with Crippen LogP contribution in [0.3, 0.4) is 0 Å². The van der Waals surface area contributed by atoms with Gasteiger partial charge in [-0.1, -0.05) is 20.3 Å². The van der Waals surface area contributed by atoms with E-state index in [0.717, 1.165) is 70.9 Å². The van der Waals surface area contributed by atoms with Crippen molar-refractivity contribution in [3.8, 4) is 0 Å². The smallest absolute Gasteiger partial charge is 0.220 e. The molecule has 0 bridgehead atoms. The van der Waals surface area contributed by atoms with E-state index in [1.54, 1.807) is 0 Å². The maximum atomic E-state index is 11.9. The van der Waals surface area contributed by atoms with Crippen LogP contribution in [-0.4, -0.2) is 113 Å². The van der Waals surface area contributed by atoms with Crippen LogP contribution in [0.1, 0.15) is 118 Å². The van der Waals surface area contributed by atoms with E-state index in [1.165, 1.54) is 6.34 Å². The molecule has 0 fully saturated rings. The SMILES string of the molecule is CC(C)CCCC(N)=O.CNC(C)(C)CCC(=O)NCCCCNC(N)=NCCCC(=O)NCCCN=C(N)NCCCCN=C(N)N.NC=NCCCCN. The first kappa shape index (κ1) is 55.9. The third-order valence-corrected chi connectivity index (χ3v) is 7.91. The van der Waals surface area contributed by atoms with E-state index in [2.05, 4.69) is 74.2 Å². The monoisotopic (exact) mass is 799 g/mol. The van der Waals surface area contributed by atoms with Crippen molar-refractivity contribution >= 4 is 41.9 Å². The van der Waals surface area contributed by atoms with Gasteiger partial charge >= 0.3 is 0 Å². The number of aliphatic imine (C=N–C) groups is 4. The lowest BCUT2D eigenvalue weighted by atomic mass is 9.99. The molecule has 0 spiro atoms. The summed E-state index contributed by atoms with van der Waals surface area (Å²) < 4.78 is 0. The average Bonchev–Trinajstić information content (AvgIpc) is 3.14. The highest BCUT2D eigenvalue weighted by atomic mass is 16.2. The van der Waals surface area contributed by atoms with Gasteiger partial charge in [0.05, 0.1) is 6.34 Å². The van der Waals surface area contributed by atoms with E-state index in [-0.39, 0.29) is 29.2 Å². The first-order valence-electron chi connectivity index (χ1n) is 20.1. The second-order valence-corrected chi connectivity index (χ2v) is 14.2. The molecule has 56 heavy (non-hydrogen) atoms. The number of hydrogen-bond donors (Lipinski definition) is 12. The fourth-order valence-corrected chi connectivity index (χ4v) is 4.25.